The van der Waals surface area contributed by atoms with Crippen LogP contribution in [-0.4, -0.2) is 37.8 Å². The minimum Gasteiger partial charge on any atom is -0.302 e. The molecule has 1 aliphatic heterocycles. The number of thiocarbonyl (C=S) groups is 1. The van der Waals surface area contributed by atoms with E-state index in [4.69, 9.17) is 12.2 Å². The van der Waals surface area contributed by atoms with E-state index in [2.05, 4.69) is 10.3 Å². The fraction of sp³-hybridized carbons (Fsp3) is 0.400. The highest BCUT2D eigenvalue weighted by Gasteiger charge is 2.33. The lowest BCUT2D eigenvalue weighted by Gasteiger charge is -2.14. The van der Waals surface area contributed by atoms with Crippen molar-refractivity contribution in [2.45, 2.75) is 18.6 Å². The van der Waals surface area contributed by atoms with E-state index in [1.807, 2.05) is 6.92 Å². The van der Waals surface area contributed by atoms with Gasteiger partial charge in [0.1, 0.15) is 4.32 Å². The predicted octanol–water partition coefficient (Wildman–Crippen LogP) is 1.72. The van der Waals surface area contributed by atoms with Crippen LogP contribution in [0.3, 0.4) is 0 Å². The Balaban J connectivity index is 1.83. The lowest BCUT2D eigenvalue weighted by molar-refractivity contribution is -0.126. The Bertz CT molecular complexity index is 475. The van der Waals surface area contributed by atoms with Crippen molar-refractivity contribution in [3.8, 4) is 0 Å². The fourth-order valence-electron chi connectivity index (χ4n) is 1.46. The Labute approximate surface area is 118 Å². The normalized spacial score (nSPS) is 19.4. The van der Waals surface area contributed by atoms with Crippen LogP contribution >= 0.6 is 35.3 Å². The summed E-state index contributed by atoms with van der Waals surface area (Å²) in [6.07, 6.45) is 1.84. The summed E-state index contributed by atoms with van der Waals surface area (Å²) in [5.74, 6) is -0.183. The molecule has 1 N–H and O–H groups in total. The van der Waals surface area contributed by atoms with Crippen molar-refractivity contribution in [2.24, 2.45) is 0 Å². The van der Waals surface area contributed by atoms with Gasteiger partial charge < -0.3 is 5.32 Å². The third-order valence-corrected chi connectivity index (χ3v) is 4.53. The van der Waals surface area contributed by atoms with Crippen molar-refractivity contribution in [2.75, 3.05) is 11.9 Å². The van der Waals surface area contributed by atoms with Gasteiger partial charge in [-0.15, -0.1) is 11.3 Å². The third-order valence-electron chi connectivity index (χ3n) is 2.35. The molecule has 1 unspecified atom stereocenters. The summed E-state index contributed by atoms with van der Waals surface area (Å²) in [4.78, 5) is 28.8. The molecule has 0 radical (unpaired) electrons. The van der Waals surface area contributed by atoms with Gasteiger partial charge in [-0.05, 0) is 6.92 Å². The van der Waals surface area contributed by atoms with Gasteiger partial charge in [0.25, 0.3) is 0 Å². The maximum Gasteiger partial charge on any atom is 0.241 e. The maximum absolute atomic E-state index is 11.7. The molecule has 2 heterocycles. The van der Waals surface area contributed by atoms with Gasteiger partial charge in [0.2, 0.25) is 11.8 Å². The van der Waals surface area contributed by atoms with E-state index in [1.54, 1.807) is 11.6 Å². The topological polar surface area (TPSA) is 62.3 Å². The molecule has 1 aromatic heterocycles. The molecular weight excluding hydrogens is 290 g/mol. The van der Waals surface area contributed by atoms with Crippen molar-refractivity contribution in [3.63, 3.8) is 0 Å². The number of thiazole rings is 1. The maximum atomic E-state index is 11.7. The minimum atomic E-state index is -0.162. The Morgan fingerprint density at radius 1 is 1.67 bits per heavy atom. The number of rotatable bonds is 4. The first kappa shape index (κ1) is 13.4. The molecule has 0 saturated carbocycles. The van der Waals surface area contributed by atoms with Crippen LogP contribution in [0.5, 0.6) is 0 Å². The molecule has 1 fully saturated rings. The molecule has 1 atom stereocenters. The first-order valence-corrected chi connectivity index (χ1v) is 7.46. The van der Waals surface area contributed by atoms with Crippen molar-refractivity contribution >= 4 is 56.6 Å². The molecule has 1 saturated heterocycles. The molecule has 96 valence electrons. The number of hydrogen-bond donors (Lipinski definition) is 1. The number of amides is 2. The Morgan fingerprint density at radius 3 is 3.00 bits per heavy atom. The average Bonchev–Trinajstić information content (AvgIpc) is 2.88. The second kappa shape index (κ2) is 5.77. The second-order valence-electron chi connectivity index (χ2n) is 3.65. The Kier molecular flexibility index (Phi) is 4.31. The lowest BCUT2D eigenvalue weighted by Crippen LogP contribution is -2.33. The van der Waals surface area contributed by atoms with Crippen molar-refractivity contribution in [3.05, 3.63) is 11.6 Å². The van der Waals surface area contributed by atoms with Crippen LogP contribution in [0, 0.1) is 0 Å². The van der Waals surface area contributed by atoms with Gasteiger partial charge in [-0.1, -0.05) is 24.0 Å². The molecule has 1 aliphatic rings. The van der Waals surface area contributed by atoms with Crippen molar-refractivity contribution in [1.29, 1.82) is 0 Å². The SMILES string of the molecule is CC1SC(=S)N(CCC(=O)Nc2nccs2)C1=O. The van der Waals surface area contributed by atoms with Crippen LogP contribution in [0.25, 0.3) is 0 Å². The smallest absolute Gasteiger partial charge is 0.241 e. The number of nitrogens with zero attached hydrogens (tertiary/aromatic N) is 2. The Morgan fingerprint density at radius 2 is 2.44 bits per heavy atom. The van der Waals surface area contributed by atoms with Crippen LogP contribution in [0.4, 0.5) is 5.13 Å². The molecule has 0 aliphatic carbocycles. The largest absolute Gasteiger partial charge is 0.302 e. The quantitative estimate of drug-likeness (QED) is 0.858. The standard InChI is InChI=1S/C10H11N3O2S3/c1-6-8(15)13(10(16)18-6)4-2-7(14)12-9-11-3-5-17-9/h3,5-6H,2,4H2,1H3,(H,11,12,14). The van der Waals surface area contributed by atoms with Crippen LogP contribution in [0.15, 0.2) is 11.6 Å². The molecule has 8 heteroatoms. The summed E-state index contributed by atoms with van der Waals surface area (Å²) >= 11 is 7.81. The van der Waals surface area contributed by atoms with Crippen molar-refractivity contribution in [1.82, 2.24) is 9.88 Å². The lowest BCUT2D eigenvalue weighted by atomic mass is 10.3. The van der Waals surface area contributed by atoms with Gasteiger partial charge in [0.15, 0.2) is 5.13 Å². The zero-order valence-electron chi connectivity index (χ0n) is 9.58. The highest BCUT2D eigenvalue weighted by molar-refractivity contribution is 8.24. The van der Waals surface area contributed by atoms with E-state index in [-0.39, 0.29) is 23.5 Å². The summed E-state index contributed by atoms with van der Waals surface area (Å²) in [6, 6.07) is 0. The van der Waals surface area contributed by atoms with Gasteiger partial charge in [-0.2, -0.15) is 0 Å². The molecule has 2 rings (SSSR count). The van der Waals surface area contributed by atoms with E-state index >= 15 is 0 Å². The summed E-state index contributed by atoms with van der Waals surface area (Å²) < 4.78 is 0.551. The number of carbonyl (C=O) groups excluding carboxylic acids is 2. The molecule has 18 heavy (non-hydrogen) atoms. The average molecular weight is 301 g/mol. The summed E-state index contributed by atoms with van der Waals surface area (Å²) in [6.45, 7) is 2.14. The van der Waals surface area contributed by atoms with E-state index in [0.717, 1.165) is 0 Å². The molecule has 0 aromatic carbocycles. The van der Waals surface area contributed by atoms with E-state index in [0.29, 0.717) is 16.0 Å². The number of aromatic nitrogens is 1. The van der Waals surface area contributed by atoms with E-state index in [1.165, 1.54) is 28.0 Å². The number of nitrogens with one attached hydrogen (secondary N) is 1. The molecule has 0 spiro atoms. The first-order chi connectivity index (χ1) is 8.58. The number of carbonyl (C=O) groups is 2. The highest BCUT2D eigenvalue weighted by atomic mass is 32.2. The molecule has 5 nitrogen and oxygen atoms in total. The number of anilines is 1. The summed E-state index contributed by atoms with van der Waals surface area (Å²) in [5, 5.41) is 4.88. The Hall–Kier alpha value is -0.990. The fourth-order valence-corrected chi connectivity index (χ4v) is 3.45. The van der Waals surface area contributed by atoms with Gasteiger partial charge in [-0.25, -0.2) is 4.98 Å². The van der Waals surface area contributed by atoms with Gasteiger partial charge in [0.05, 0.1) is 5.25 Å². The van der Waals surface area contributed by atoms with Crippen LogP contribution in [0.1, 0.15) is 13.3 Å². The zero-order valence-corrected chi connectivity index (χ0v) is 12.0. The van der Waals surface area contributed by atoms with Crippen molar-refractivity contribution < 1.29 is 9.59 Å². The van der Waals surface area contributed by atoms with Gasteiger partial charge in [-0.3, -0.25) is 14.5 Å². The van der Waals surface area contributed by atoms with Gasteiger partial charge >= 0.3 is 0 Å². The van der Waals surface area contributed by atoms with E-state index < -0.39 is 0 Å². The molecule has 0 bridgehead atoms. The third kappa shape index (κ3) is 3.06. The van der Waals surface area contributed by atoms with Crippen LogP contribution in [-0.2, 0) is 9.59 Å². The monoisotopic (exact) mass is 301 g/mol. The predicted molar refractivity (Wildman–Crippen MR) is 76.7 cm³/mol. The van der Waals surface area contributed by atoms with E-state index in [9.17, 15) is 9.59 Å². The molecular formula is C10H11N3O2S3. The van der Waals surface area contributed by atoms with Crippen LogP contribution in [0.2, 0.25) is 0 Å². The summed E-state index contributed by atoms with van der Waals surface area (Å²) in [7, 11) is 0. The van der Waals surface area contributed by atoms with Crippen LogP contribution < -0.4 is 5.32 Å². The minimum absolute atomic E-state index is 0.0213. The summed E-state index contributed by atoms with van der Waals surface area (Å²) in [5.41, 5.74) is 0. The number of hydrogen-bond acceptors (Lipinski definition) is 6. The van der Waals surface area contributed by atoms with Gasteiger partial charge in [0, 0.05) is 24.5 Å². The second-order valence-corrected chi connectivity index (χ2v) is 6.52. The first-order valence-electron chi connectivity index (χ1n) is 5.29. The molecule has 2 amide bonds. The highest BCUT2D eigenvalue weighted by Crippen LogP contribution is 2.26. The molecule has 1 aromatic rings. The number of thioether (sulfide) groups is 1. The zero-order chi connectivity index (χ0) is 13.1.